The van der Waals surface area contributed by atoms with Gasteiger partial charge in [-0.1, -0.05) is 6.42 Å². The van der Waals surface area contributed by atoms with Gasteiger partial charge >= 0.3 is 0 Å². The quantitative estimate of drug-likeness (QED) is 0.900. The monoisotopic (exact) mass is 273 g/mol. The van der Waals surface area contributed by atoms with Crippen LogP contribution in [0.15, 0.2) is 18.2 Å². The van der Waals surface area contributed by atoms with Crippen LogP contribution < -0.4 is 14.8 Å². The number of nitrogens with one attached hydrogen (secondary N) is 1. The van der Waals surface area contributed by atoms with Crippen LogP contribution in [0.5, 0.6) is 11.5 Å². The first-order chi connectivity index (χ1) is 9.79. The molecule has 2 bridgehead atoms. The Morgan fingerprint density at radius 1 is 1.10 bits per heavy atom. The van der Waals surface area contributed by atoms with Gasteiger partial charge in [-0.25, -0.2) is 0 Å². The summed E-state index contributed by atoms with van der Waals surface area (Å²) in [5.41, 5.74) is 0.664. The number of hydrogen-bond acceptors (Lipinski definition) is 3. The molecule has 0 radical (unpaired) electrons. The van der Waals surface area contributed by atoms with Gasteiger partial charge in [0.25, 0.3) is 5.91 Å². The van der Waals surface area contributed by atoms with Crippen LogP contribution in [0.2, 0.25) is 0 Å². The minimum Gasteiger partial charge on any atom is -0.486 e. The summed E-state index contributed by atoms with van der Waals surface area (Å²) in [6.45, 7) is 1.12. The lowest BCUT2D eigenvalue weighted by atomic mass is 9.95. The van der Waals surface area contributed by atoms with Gasteiger partial charge < -0.3 is 14.8 Å². The Labute approximate surface area is 118 Å². The standard InChI is InChI=1S/C16H19NO3/c18-16(17-13-8-10-1-2-11(13)7-10)12-3-4-14-15(9-12)20-6-5-19-14/h3-4,9-11,13H,1-2,5-8H2,(H,17,18)/t10-,11-,13+/m0/s1. The molecule has 20 heavy (non-hydrogen) atoms. The number of fused-ring (bicyclic) bond motifs is 3. The molecule has 2 saturated carbocycles. The topological polar surface area (TPSA) is 47.6 Å². The maximum Gasteiger partial charge on any atom is 0.251 e. The Morgan fingerprint density at radius 3 is 2.70 bits per heavy atom. The third-order valence-corrected chi connectivity index (χ3v) is 4.86. The van der Waals surface area contributed by atoms with Crippen LogP contribution in [0.4, 0.5) is 0 Å². The maximum atomic E-state index is 12.4. The third kappa shape index (κ3) is 2.03. The molecule has 1 aromatic carbocycles. The van der Waals surface area contributed by atoms with Crippen molar-refractivity contribution in [2.45, 2.75) is 31.7 Å². The molecule has 1 heterocycles. The van der Waals surface area contributed by atoms with E-state index >= 15 is 0 Å². The summed E-state index contributed by atoms with van der Waals surface area (Å²) in [7, 11) is 0. The summed E-state index contributed by atoms with van der Waals surface area (Å²) < 4.78 is 11.0. The van der Waals surface area contributed by atoms with E-state index in [-0.39, 0.29) is 5.91 Å². The number of carbonyl (C=O) groups excluding carboxylic acids is 1. The molecule has 4 nitrogen and oxygen atoms in total. The summed E-state index contributed by atoms with van der Waals surface area (Å²) in [4.78, 5) is 12.4. The zero-order valence-corrected chi connectivity index (χ0v) is 11.4. The van der Waals surface area contributed by atoms with Crippen LogP contribution in [0.25, 0.3) is 0 Å². The van der Waals surface area contributed by atoms with Gasteiger partial charge in [0.05, 0.1) is 0 Å². The number of amides is 1. The summed E-state index contributed by atoms with van der Waals surface area (Å²) in [6.07, 6.45) is 5.07. The van der Waals surface area contributed by atoms with Crippen molar-refractivity contribution in [2.24, 2.45) is 11.8 Å². The number of hydrogen-bond donors (Lipinski definition) is 1. The van der Waals surface area contributed by atoms with Gasteiger partial charge in [0.2, 0.25) is 0 Å². The Hall–Kier alpha value is -1.71. The zero-order valence-electron chi connectivity index (χ0n) is 11.4. The van der Waals surface area contributed by atoms with Crippen molar-refractivity contribution in [1.82, 2.24) is 5.32 Å². The zero-order chi connectivity index (χ0) is 13.5. The third-order valence-electron chi connectivity index (χ3n) is 4.86. The van der Waals surface area contributed by atoms with E-state index in [1.807, 2.05) is 12.1 Å². The van der Waals surface area contributed by atoms with Crippen LogP contribution in [0.1, 0.15) is 36.0 Å². The number of rotatable bonds is 2. The van der Waals surface area contributed by atoms with Crippen molar-refractivity contribution in [2.75, 3.05) is 13.2 Å². The molecule has 106 valence electrons. The summed E-state index contributed by atoms with van der Waals surface area (Å²) in [5, 5.41) is 3.20. The predicted octanol–water partition coefficient (Wildman–Crippen LogP) is 2.38. The maximum absolute atomic E-state index is 12.4. The molecule has 4 rings (SSSR count). The predicted molar refractivity (Wildman–Crippen MR) is 74.1 cm³/mol. The highest BCUT2D eigenvalue weighted by Gasteiger charge is 2.40. The minimum absolute atomic E-state index is 0.0134. The molecular formula is C16H19NO3. The molecule has 3 aliphatic rings. The van der Waals surface area contributed by atoms with Gasteiger partial charge in [0.1, 0.15) is 13.2 Å². The normalized spacial score (nSPS) is 30.3. The molecule has 0 unspecified atom stereocenters. The fraction of sp³-hybridized carbons (Fsp3) is 0.562. The second kappa shape index (κ2) is 4.69. The van der Waals surface area contributed by atoms with Gasteiger partial charge in [-0.15, -0.1) is 0 Å². The van der Waals surface area contributed by atoms with E-state index in [1.54, 1.807) is 6.07 Å². The molecule has 1 aliphatic heterocycles. The van der Waals surface area contributed by atoms with E-state index in [0.717, 1.165) is 18.1 Å². The molecule has 3 atom stereocenters. The molecular weight excluding hydrogens is 254 g/mol. The van der Waals surface area contributed by atoms with Crippen molar-refractivity contribution >= 4 is 5.91 Å². The van der Waals surface area contributed by atoms with Crippen LogP contribution in [-0.2, 0) is 0 Å². The van der Waals surface area contributed by atoms with Gasteiger partial charge in [-0.3, -0.25) is 4.79 Å². The Bertz CT molecular complexity index is 543. The van der Waals surface area contributed by atoms with Gasteiger partial charge in [-0.2, -0.15) is 0 Å². The highest BCUT2D eigenvalue weighted by molar-refractivity contribution is 5.95. The van der Waals surface area contributed by atoms with E-state index < -0.39 is 0 Å². The van der Waals surface area contributed by atoms with Crippen molar-refractivity contribution in [3.05, 3.63) is 23.8 Å². The lowest BCUT2D eigenvalue weighted by molar-refractivity contribution is 0.0921. The van der Waals surface area contributed by atoms with Crippen LogP contribution in [0, 0.1) is 11.8 Å². The number of ether oxygens (including phenoxy) is 2. The summed E-state index contributed by atoms with van der Waals surface area (Å²) in [5.74, 6) is 2.95. The van der Waals surface area contributed by atoms with E-state index in [2.05, 4.69) is 5.32 Å². The van der Waals surface area contributed by atoms with E-state index in [1.165, 1.54) is 19.3 Å². The average Bonchev–Trinajstić information content (AvgIpc) is 3.09. The van der Waals surface area contributed by atoms with Crippen LogP contribution in [-0.4, -0.2) is 25.2 Å². The largest absolute Gasteiger partial charge is 0.486 e. The first-order valence-electron chi connectivity index (χ1n) is 7.50. The lowest BCUT2D eigenvalue weighted by Crippen LogP contribution is -2.38. The molecule has 0 spiro atoms. The second-order valence-corrected chi connectivity index (χ2v) is 6.11. The molecule has 0 saturated heterocycles. The number of carbonyl (C=O) groups is 1. The molecule has 1 aromatic rings. The Morgan fingerprint density at radius 2 is 1.95 bits per heavy atom. The lowest BCUT2D eigenvalue weighted by Gasteiger charge is -2.23. The van der Waals surface area contributed by atoms with Crippen molar-refractivity contribution < 1.29 is 14.3 Å². The van der Waals surface area contributed by atoms with Gasteiger partial charge in [0, 0.05) is 11.6 Å². The minimum atomic E-state index is 0.0134. The van der Waals surface area contributed by atoms with E-state index in [4.69, 9.17) is 9.47 Å². The van der Waals surface area contributed by atoms with Crippen molar-refractivity contribution in [1.29, 1.82) is 0 Å². The summed E-state index contributed by atoms with van der Waals surface area (Å²) in [6, 6.07) is 5.80. The molecule has 0 aromatic heterocycles. The first-order valence-corrected chi connectivity index (χ1v) is 7.50. The summed E-state index contributed by atoms with van der Waals surface area (Å²) >= 11 is 0. The Kier molecular flexibility index (Phi) is 2.83. The molecule has 1 N–H and O–H groups in total. The molecule has 1 amide bonds. The molecule has 4 heteroatoms. The molecule has 2 aliphatic carbocycles. The SMILES string of the molecule is O=C(N[C@@H]1C[C@H]2CC[C@H]1C2)c1ccc2c(c1)OCCO2. The first kappa shape index (κ1) is 12.1. The van der Waals surface area contributed by atoms with Gasteiger partial charge in [0.15, 0.2) is 11.5 Å². The van der Waals surface area contributed by atoms with E-state index in [9.17, 15) is 4.79 Å². The smallest absolute Gasteiger partial charge is 0.251 e. The second-order valence-electron chi connectivity index (χ2n) is 6.11. The highest BCUT2D eigenvalue weighted by Crippen LogP contribution is 2.44. The molecule has 2 fully saturated rings. The fourth-order valence-electron chi connectivity index (χ4n) is 3.86. The van der Waals surface area contributed by atoms with Crippen molar-refractivity contribution in [3.8, 4) is 11.5 Å². The Balaban J connectivity index is 1.48. The highest BCUT2D eigenvalue weighted by atomic mass is 16.6. The van der Waals surface area contributed by atoms with Gasteiger partial charge in [-0.05, 0) is 49.3 Å². The fourth-order valence-corrected chi connectivity index (χ4v) is 3.86. The van der Waals surface area contributed by atoms with Crippen molar-refractivity contribution in [3.63, 3.8) is 0 Å². The number of benzene rings is 1. The van der Waals surface area contributed by atoms with Crippen LogP contribution >= 0.6 is 0 Å². The van der Waals surface area contributed by atoms with Crippen LogP contribution in [0.3, 0.4) is 0 Å². The average molecular weight is 273 g/mol. The van der Waals surface area contributed by atoms with E-state index in [0.29, 0.717) is 36.5 Å².